The van der Waals surface area contributed by atoms with Crippen LogP contribution in [-0.4, -0.2) is 39.3 Å². The third-order valence-corrected chi connectivity index (χ3v) is 5.85. The van der Waals surface area contributed by atoms with Gasteiger partial charge in [0.15, 0.2) is 0 Å². The molecule has 0 atom stereocenters. The van der Waals surface area contributed by atoms with Gasteiger partial charge in [-0.2, -0.15) is 0 Å². The second-order valence-electron chi connectivity index (χ2n) is 7.47. The zero-order valence-electron chi connectivity index (χ0n) is 14.9. The zero-order valence-corrected chi connectivity index (χ0v) is 14.9. The Morgan fingerprint density at radius 2 is 1.77 bits per heavy atom. The lowest BCUT2D eigenvalue weighted by molar-refractivity contribution is -0.133. The molecular weight excluding hydrogens is 329 g/mol. The highest BCUT2D eigenvalue weighted by Crippen LogP contribution is 2.40. The number of rotatable bonds is 4. The minimum absolute atomic E-state index is 0.0308. The summed E-state index contributed by atoms with van der Waals surface area (Å²) in [5.74, 6) is -0.00467. The first kappa shape index (κ1) is 17.2. The summed E-state index contributed by atoms with van der Waals surface area (Å²) in [4.78, 5) is 21.2. The molecule has 0 saturated carbocycles. The van der Waals surface area contributed by atoms with Crippen molar-refractivity contribution in [2.75, 3.05) is 13.1 Å². The molecule has 0 unspecified atom stereocenters. The van der Waals surface area contributed by atoms with Crippen molar-refractivity contribution in [2.45, 2.75) is 44.3 Å². The van der Waals surface area contributed by atoms with Gasteiger partial charge in [0, 0.05) is 50.5 Å². The maximum atomic E-state index is 13.2. The van der Waals surface area contributed by atoms with E-state index in [4.69, 9.17) is 0 Å². The van der Waals surface area contributed by atoms with E-state index in [1.165, 1.54) is 17.7 Å². The molecule has 1 amide bonds. The number of hydrogen-bond donors (Lipinski definition) is 0. The Morgan fingerprint density at radius 3 is 2.46 bits per heavy atom. The SMILES string of the molecule is O=C1CCC2(CCN(Cc3cccnc3)CC2)N1Cc1ccc(F)cc1. The number of benzene rings is 1. The molecule has 4 rings (SSSR count). The second-order valence-corrected chi connectivity index (χ2v) is 7.47. The lowest BCUT2D eigenvalue weighted by Crippen LogP contribution is -2.52. The molecule has 0 radical (unpaired) electrons. The summed E-state index contributed by atoms with van der Waals surface area (Å²) < 4.78 is 13.2. The predicted octanol–water partition coefficient (Wildman–Crippen LogP) is 3.38. The largest absolute Gasteiger partial charge is 0.333 e. The number of carbonyl (C=O) groups excluding carboxylic acids is 1. The van der Waals surface area contributed by atoms with E-state index >= 15 is 0 Å². The molecule has 136 valence electrons. The number of hydrogen-bond acceptors (Lipinski definition) is 3. The maximum absolute atomic E-state index is 13.2. The molecule has 2 saturated heterocycles. The van der Waals surface area contributed by atoms with Crippen molar-refractivity contribution >= 4 is 5.91 Å². The third kappa shape index (κ3) is 3.49. The van der Waals surface area contributed by atoms with Crippen molar-refractivity contribution in [3.8, 4) is 0 Å². The molecule has 26 heavy (non-hydrogen) atoms. The van der Waals surface area contributed by atoms with Crippen LogP contribution in [0.15, 0.2) is 48.8 Å². The molecule has 5 heteroatoms. The summed E-state index contributed by atoms with van der Waals surface area (Å²) in [6.07, 6.45) is 7.29. The fourth-order valence-electron chi connectivity index (χ4n) is 4.30. The maximum Gasteiger partial charge on any atom is 0.223 e. The first-order valence-corrected chi connectivity index (χ1v) is 9.31. The number of pyridine rings is 1. The van der Waals surface area contributed by atoms with Gasteiger partial charge < -0.3 is 4.90 Å². The van der Waals surface area contributed by atoms with Gasteiger partial charge in [-0.05, 0) is 48.6 Å². The van der Waals surface area contributed by atoms with E-state index in [9.17, 15) is 9.18 Å². The second kappa shape index (κ2) is 7.16. The molecule has 3 heterocycles. The van der Waals surface area contributed by atoms with Crippen LogP contribution in [0.25, 0.3) is 0 Å². The van der Waals surface area contributed by atoms with Crippen LogP contribution in [0, 0.1) is 5.82 Å². The van der Waals surface area contributed by atoms with E-state index < -0.39 is 0 Å². The molecule has 4 nitrogen and oxygen atoms in total. The van der Waals surface area contributed by atoms with Gasteiger partial charge in [-0.15, -0.1) is 0 Å². The zero-order chi connectivity index (χ0) is 18.0. The molecule has 2 aliphatic rings. The number of nitrogens with zero attached hydrogens (tertiary/aromatic N) is 3. The summed E-state index contributed by atoms with van der Waals surface area (Å²) in [7, 11) is 0. The van der Waals surface area contributed by atoms with Gasteiger partial charge in [0.25, 0.3) is 0 Å². The lowest BCUT2D eigenvalue weighted by Gasteiger charge is -2.45. The standard InChI is InChI=1S/C21H24FN3O/c22-19-5-3-17(4-6-19)16-25-20(26)7-8-21(25)9-12-24(13-10-21)15-18-2-1-11-23-14-18/h1-6,11,14H,7-10,12-13,15-16H2. The average molecular weight is 353 g/mol. The smallest absolute Gasteiger partial charge is 0.223 e. The molecule has 1 aromatic heterocycles. The number of aromatic nitrogens is 1. The van der Waals surface area contributed by atoms with E-state index in [0.717, 1.165) is 44.5 Å². The van der Waals surface area contributed by atoms with Crippen LogP contribution in [0.4, 0.5) is 4.39 Å². The van der Waals surface area contributed by atoms with E-state index in [1.54, 1.807) is 18.3 Å². The first-order valence-electron chi connectivity index (χ1n) is 9.31. The Balaban J connectivity index is 1.42. The average Bonchev–Trinajstić information content (AvgIpc) is 2.96. The normalized spacial score (nSPS) is 20.0. The number of amides is 1. The first-order chi connectivity index (χ1) is 12.6. The van der Waals surface area contributed by atoms with Crippen LogP contribution < -0.4 is 0 Å². The van der Waals surface area contributed by atoms with E-state index in [0.29, 0.717) is 13.0 Å². The topological polar surface area (TPSA) is 36.4 Å². The number of likely N-dealkylation sites (tertiary alicyclic amines) is 2. The molecule has 2 aromatic rings. The number of halogens is 1. The van der Waals surface area contributed by atoms with Gasteiger partial charge in [-0.1, -0.05) is 18.2 Å². The Hall–Kier alpha value is -2.27. The Bertz CT molecular complexity index is 755. The highest BCUT2D eigenvalue weighted by molar-refractivity contribution is 5.79. The van der Waals surface area contributed by atoms with Crippen LogP contribution in [0.2, 0.25) is 0 Å². The van der Waals surface area contributed by atoms with Crippen molar-refractivity contribution in [2.24, 2.45) is 0 Å². The molecule has 0 bridgehead atoms. The molecule has 2 fully saturated rings. The van der Waals surface area contributed by atoms with Crippen LogP contribution in [0.1, 0.15) is 36.8 Å². The molecule has 1 aromatic carbocycles. The number of piperidine rings is 1. The van der Waals surface area contributed by atoms with Gasteiger partial charge >= 0.3 is 0 Å². The van der Waals surface area contributed by atoms with Crippen molar-refractivity contribution in [1.82, 2.24) is 14.8 Å². The van der Waals surface area contributed by atoms with Gasteiger partial charge in [0.2, 0.25) is 5.91 Å². The summed E-state index contributed by atoms with van der Waals surface area (Å²) >= 11 is 0. The summed E-state index contributed by atoms with van der Waals surface area (Å²) in [6, 6.07) is 10.6. The Kier molecular flexibility index (Phi) is 4.72. The monoisotopic (exact) mass is 353 g/mol. The van der Waals surface area contributed by atoms with Gasteiger partial charge in [-0.25, -0.2) is 4.39 Å². The quantitative estimate of drug-likeness (QED) is 0.845. The molecular formula is C21H24FN3O. The van der Waals surface area contributed by atoms with Crippen molar-refractivity contribution in [3.05, 3.63) is 65.7 Å². The molecule has 0 N–H and O–H groups in total. The van der Waals surface area contributed by atoms with E-state index in [2.05, 4.69) is 20.9 Å². The third-order valence-electron chi connectivity index (χ3n) is 5.85. The van der Waals surface area contributed by atoms with Gasteiger partial charge in [0.05, 0.1) is 0 Å². The number of carbonyl (C=O) groups is 1. The van der Waals surface area contributed by atoms with Crippen LogP contribution in [-0.2, 0) is 17.9 Å². The molecule has 1 spiro atoms. The summed E-state index contributed by atoms with van der Waals surface area (Å²) in [5.41, 5.74) is 2.20. The van der Waals surface area contributed by atoms with E-state index in [-0.39, 0.29) is 17.3 Å². The summed E-state index contributed by atoms with van der Waals surface area (Å²) in [5, 5.41) is 0. The van der Waals surface area contributed by atoms with Gasteiger partial charge in [0.1, 0.15) is 5.82 Å². The lowest BCUT2D eigenvalue weighted by atomic mass is 9.84. The fraction of sp³-hybridized carbons (Fsp3) is 0.429. The van der Waals surface area contributed by atoms with Crippen molar-refractivity contribution in [3.63, 3.8) is 0 Å². The highest BCUT2D eigenvalue weighted by Gasteiger charge is 2.46. The van der Waals surface area contributed by atoms with Crippen LogP contribution in [0.5, 0.6) is 0 Å². The summed E-state index contributed by atoms with van der Waals surface area (Å²) in [6.45, 7) is 3.47. The Morgan fingerprint density at radius 1 is 1.00 bits per heavy atom. The minimum atomic E-state index is -0.236. The van der Waals surface area contributed by atoms with Crippen LogP contribution >= 0.6 is 0 Å². The molecule has 0 aliphatic carbocycles. The Labute approximate surface area is 153 Å². The predicted molar refractivity (Wildman–Crippen MR) is 97.7 cm³/mol. The minimum Gasteiger partial charge on any atom is -0.333 e. The van der Waals surface area contributed by atoms with Crippen LogP contribution in [0.3, 0.4) is 0 Å². The fourth-order valence-corrected chi connectivity index (χ4v) is 4.30. The van der Waals surface area contributed by atoms with E-state index in [1.807, 2.05) is 12.3 Å². The van der Waals surface area contributed by atoms with Crippen molar-refractivity contribution < 1.29 is 9.18 Å². The van der Waals surface area contributed by atoms with Crippen molar-refractivity contribution in [1.29, 1.82) is 0 Å². The highest BCUT2D eigenvalue weighted by atomic mass is 19.1. The van der Waals surface area contributed by atoms with Gasteiger partial charge in [-0.3, -0.25) is 14.7 Å². The molecule has 2 aliphatic heterocycles.